The molecule has 0 atom stereocenters. The van der Waals surface area contributed by atoms with E-state index in [9.17, 15) is 0 Å². The SMILES string of the molecule is C1=CB2N(C=C1)B1C=CC=CN1B1C=CC(c3ccc4c(c3)-c3ccccc3-c3ccc(-c5cccc6c5oc5ccccc56)cc3-c3ccccc3-4)=CN1B1C=CC=CN21. The van der Waals surface area contributed by atoms with Gasteiger partial charge in [-0.1, -0.05) is 157 Å². The topological polar surface area (TPSA) is 26.1 Å². The van der Waals surface area contributed by atoms with Gasteiger partial charge in [-0.3, -0.25) is 0 Å². The normalized spacial score (nSPS) is 16.6. The monoisotopic (exact) mass is 776 g/mol. The van der Waals surface area contributed by atoms with Crippen molar-refractivity contribution >= 4 is 55.4 Å². The van der Waals surface area contributed by atoms with Crippen LogP contribution in [0.15, 0.2) is 223 Å². The summed E-state index contributed by atoms with van der Waals surface area (Å²) >= 11 is 0. The van der Waals surface area contributed by atoms with E-state index in [4.69, 9.17) is 4.42 Å². The number of furan rings is 1. The predicted molar refractivity (Wildman–Crippen MR) is 257 cm³/mol. The number of hydrogen-bond acceptors (Lipinski definition) is 5. The number of hydrogen-bond donors (Lipinski definition) is 0. The summed E-state index contributed by atoms with van der Waals surface area (Å²) in [5.41, 5.74) is 16.2. The molecule has 0 bridgehead atoms. The van der Waals surface area contributed by atoms with Gasteiger partial charge < -0.3 is 23.3 Å². The zero-order valence-electron chi connectivity index (χ0n) is 33.3. The van der Waals surface area contributed by atoms with Crippen LogP contribution in [0.25, 0.3) is 83.1 Å². The predicted octanol–water partition coefficient (Wildman–Crippen LogP) is 11.7. The Morgan fingerprint density at radius 3 is 1.48 bits per heavy atom. The molecule has 0 spiro atoms. The molecule has 1 saturated heterocycles. The van der Waals surface area contributed by atoms with Gasteiger partial charge in [0.2, 0.25) is 0 Å². The molecular weight excluding hydrogens is 740 g/mol. The van der Waals surface area contributed by atoms with Crippen LogP contribution < -0.4 is 0 Å². The maximum absolute atomic E-state index is 6.54. The van der Waals surface area contributed by atoms with E-state index in [1.807, 2.05) is 6.07 Å². The van der Waals surface area contributed by atoms with E-state index < -0.39 is 0 Å². The zero-order valence-corrected chi connectivity index (χ0v) is 33.3. The summed E-state index contributed by atoms with van der Waals surface area (Å²) in [5, 5.41) is 2.28. The molecule has 5 aliphatic heterocycles. The van der Waals surface area contributed by atoms with E-state index >= 15 is 0 Å². The lowest BCUT2D eigenvalue weighted by Crippen LogP contribution is -2.73. The lowest BCUT2D eigenvalue weighted by molar-refractivity contribution is 0.622. The maximum Gasteiger partial charge on any atom is 0.380 e. The molecule has 6 aromatic carbocycles. The third-order valence-electron chi connectivity index (χ3n) is 13.2. The van der Waals surface area contributed by atoms with E-state index in [0.717, 1.165) is 33.1 Å². The van der Waals surface area contributed by atoms with Crippen molar-refractivity contribution in [1.82, 2.24) is 18.9 Å². The van der Waals surface area contributed by atoms with Crippen molar-refractivity contribution in [2.24, 2.45) is 0 Å². The van der Waals surface area contributed by atoms with Gasteiger partial charge in [0.25, 0.3) is 0 Å². The number of fused-ring (bicyclic) bond motifs is 19. The molecule has 0 radical (unpaired) electrons. The summed E-state index contributed by atoms with van der Waals surface area (Å²) in [6.07, 6.45) is 24.4. The summed E-state index contributed by atoms with van der Waals surface area (Å²) < 4.78 is 16.4. The first-order chi connectivity index (χ1) is 30.3. The Balaban J connectivity index is 0.948. The first-order valence-electron chi connectivity index (χ1n) is 21.2. The van der Waals surface area contributed by atoms with Crippen molar-refractivity contribution in [1.29, 1.82) is 0 Å². The number of allylic oxidation sites excluding steroid dienone is 8. The Morgan fingerprint density at radius 2 is 0.836 bits per heavy atom. The smallest absolute Gasteiger partial charge is 0.380 e. The lowest BCUT2D eigenvalue weighted by atomic mass is 9.41. The standard InChI is InChI=1S/C52H36B4N4O/c1-3-16-43-41(14-1)46-25-23-38(40-19-13-20-48-47-18-5-6-21-51(47)61-52(40)48)35-50(46)44-17-4-2-15-42(44)45-24-22-37(34-49(43)45)39-26-30-56-59-33-11-8-28-54(59)57-31-10-7-27-53(57)58-32-12-9-29-55(58)60(56)36-39/h1-36H. The van der Waals surface area contributed by atoms with Crippen molar-refractivity contribution in [2.75, 3.05) is 0 Å². The van der Waals surface area contributed by atoms with Crippen LogP contribution >= 0.6 is 0 Å². The van der Waals surface area contributed by atoms with Crippen molar-refractivity contribution in [3.8, 4) is 55.6 Å². The average Bonchev–Trinajstić information content (AvgIpc) is 3.72. The fraction of sp³-hybridized carbons (Fsp3) is 0. The van der Waals surface area contributed by atoms with Crippen LogP contribution in [0.5, 0.6) is 0 Å². The fourth-order valence-electron chi connectivity index (χ4n) is 10.5. The van der Waals surface area contributed by atoms with Gasteiger partial charge in [-0.25, -0.2) is 0 Å². The molecular formula is C52H36B4N4O. The highest BCUT2D eigenvalue weighted by Gasteiger charge is 2.49. The number of benzene rings is 6. The van der Waals surface area contributed by atoms with Crippen molar-refractivity contribution in [3.63, 3.8) is 0 Å². The molecule has 1 aliphatic carbocycles. The van der Waals surface area contributed by atoms with Crippen molar-refractivity contribution in [3.05, 3.63) is 224 Å². The van der Waals surface area contributed by atoms with Crippen molar-refractivity contribution in [2.45, 2.75) is 0 Å². The fourth-order valence-corrected chi connectivity index (χ4v) is 10.5. The van der Waals surface area contributed by atoms with Crippen LogP contribution in [-0.4, -0.2) is 46.8 Å². The van der Waals surface area contributed by atoms with E-state index in [-0.39, 0.29) is 27.9 Å². The Kier molecular flexibility index (Phi) is 7.62. The molecule has 0 saturated carbocycles. The van der Waals surface area contributed by atoms with E-state index in [1.54, 1.807) is 0 Å². The minimum atomic E-state index is 0.0102. The average molecular weight is 776 g/mol. The Hall–Kier alpha value is -7.50. The van der Waals surface area contributed by atoms with Gasteiger partial charge in [0, 0.05) is 16.3 Å². The maximum atomic E-state index is 6.54. The molecule has 13 rings (SSSR count). The van der Waals surface area contributed by atoms with Gasteiger partial charge in [-0.15, -0.1) is 0 Å². The molecule has 5 nitrogen and oxygen atoms in total. The lowest BCUT2D eigenvalue weighted by Gasteiger charge is -2.53. The molecule has 6 aliphatic rings. The highest BCUT2D eigenvalue weighted by Crippen LogP contribution is 2.50. The van der Waals surface area contributed by atoms with E-state index in [2.05, 4.69) is 231 Å². The van der Waals surface area contributed by atoms with Crippen LogP contribution in [0.2, 0.25) is 0 Å². The molecule has 282 valence electrons. The van der Waals surface area contributed by atoms with Crippen molar-refractivity contribution < 1.29 is 4.42 Å². The number of rotatable bonds is 2. The van der Waals surface area contributed by atoms with Gasteiger partial charge >= 0.3 is 27.9 Å². The number of nitrogens with zero attached hydrogens (tertiary/aromatic N) is 4. The third kappa shape index (κ3) is 5.26. The van der Waals surface area contributed by atoms with Gasteiger partial charge in [0.05, 0.1) is 0 Å². The largest absolute Gasteiger partial charge is 0.455 e. The summed E-state index contributed by atoms with van der Waals surface area (Å²) in [5.74, 6) is 9.30. The second kappa shape index (κ2) is 13.5. The molecule has 0 amide bonds. The highest BCUT2D eigenvalue weighted by molar-refractivity contribution is 6.92. The second-order valence-corrected chi connectivity index (χ2v) is 16.5. The van der Waals surface area contributed by atoms with Crippen LogP contribution in [0.4, 0.5) is 0 Å². The summed E-state index contributed by atoms with van der Waals surface area (Å²) in [6, 6.07) is 46.7. The molecule has 0 N–H and O–H groups in total. The van der Waals surface area contributed by atoms with Crippen LogP contribution in [0.1, 0.15) is 5.56 Å². The van der Waals surface area contributed by atoms with Gasteiger partial charge in [0.15, 0.2) is 0 Å². The summed E-state index contributed by atoms with van der Waals surface area (Å²) in [6.45, 7) is 0.149. The third-order valence-corrected chi connectivity index (χ3v) is 13.2. The Labute approximate surface area is 357 Å². The summed E-state index contributed by atoms with van der Waals surface area (Å²) in [7, 11) is 0. The van der Waals surface area contributed by atoms with E-state index in [0.29, 0.717) is 0 Å². The molecule has 1 fully saturated rings. The van der Waals surface area contributed by atoms with Crippen LogP contribution in [0.3, 0.4) is 0 Å². The minimum absolute atomic E-state index is 0.0102. The van der Waals surface area contributed by atoms with Crippen LogP contribution in [-0.2, 0) is 0 Å². The van der Waals surface area contributed by atoms with Crippen LogP contribution in [0, 0.1) is 0 Å². The highest BCUT2D eigenvalue weighted by atomic mass is 16.3. The zero-order chi connectivity index (χ0) is 40.0. The van der Waals surface area contributed by atoms with Gasteiger partial charge in [-0.05, 0) is 122 Å². The summed E-state index contributed by atoms with van der Waals surface area (Å²) in [4.78, 5) is 0. The van der Waals surface area contributed by atoms with Gasteiger partial charge in [0.1, 0.15) is 11.2 Å². The molecule has 61 heavy (non-hydrogen) atoms. The molecule has 7 aromatic rings. The molecule has 1 aromatic heterocycles. The Morgan fingerprint density at radius 1 is 0.361 bits per heavy atom. The van der Waals surface area contributed by atoms with Gasteiger partial charge in [-0.2, -0.15) is 0 Å². The number of para-hydroxylation sites is 2. The minimum Gasteiger partial charge on any atom is -0.455 e. The molecule has 0 unspecified atom stereocenters. The van der Waals surface area contributed by atoms with E-state index in [1.165, 1.54) is 55.6 Å². The first kappa shape index (κ1) is 34.4. The quantitative estimate of drug-likeness (QED) is 0.163. The first-order valence-corrected chi connectivity index (χ1v) is 21.2. The Bertz CT molecular complexity index is 3210. The molecule has 9 heteroatoms. The second-order valence-electron chi connectivity index (χ2n) is 16.5. The molecule has 6 heterocycles.